The first-order valence-electron chi connectivity index (χ1n) is 24.9. The van der Waals surface area contributed by atoms with Crippen molar-refractivity contribution in [3.05, 3.63) is 149 Å². The van der Waals surface area contributed by atoms with Crippen LogP contribution < -0.4 is 20.9 Å². The maximum atomic E-state index is 14.1. The van der Waals surface area contributed by atoms with Gasteiger partial charge < -0.3 is 44.4 Å². The summed E-state index contributed by atoms with van der Waals surface area (Å²) < 4.78 is 24.0. The van der Waals surface area contributed by atoms with Crippen molar-refractivity contribution in [2.75, 3.05) is 69.5 Å². The minimum atomic E-state index is -0.512. The third-order valence-corrected chi connectivity index (χ3v) is 12.7. The molecule has 71 heavy (non-hydrogen) atoms. The molecule has 372 valence electrons. The summed E-state index contributed by atoms with van der Waals surface area (Å²) >= 11 is 0. The summed E-state index contributed by atoms with van der Waals surface area (Å²) in [6, 6.07) is 33.0. The Bertz CT molecular complexity index is 2790. The van der Waals surface area contributed by atoms with Crippen LogP contribution in [0.4, 0.5) is 11.4 Å². The molecule has 3 N–H and O–H groups in total. The van der Waals surface area contributed by atoms with E-state index in [1.54, 1.807) is 18.3 Å². The Morgan fingerprint density at radius 3 is 2.30 bits per heavy atom. The van der Waals surface area contributed by atoms with Crippen LogP contribution in [0.5, 0.6) is 0 Å². The molecule has 3 heterocycles. The molecular weight excluding hydrogens is 897 g/mol. The number of esters is 1. The molecule has 14 nitrogen and oxygen atoms in total. The van der Waals surface area contributed by atoms with Gasteiger partial charge in [0, 0.05) is 77.4 Å². The summed E-state index contributed by atoms with van der Waals surface area (Å²) in [6.45, 7) is 10.3. The largest absolute Gasteiger partial charge is 0.460 e. The lowest BCUT2D eigenvalue weighted by atomic mass is 9.87. The standard InChI is InChI=1S/C57H66N6O8/c1-57(2,3)71-53(64)24-30-68-32-34-70-35-33-69-31-26-59-56(67)47-17-11-19-52-46(47)23-29-63(52)39-40-12-9-15-42(36-40)54(65)61-50-21-20-44(62-27-7-4-8-28-62)38-48(50)51-37-43(22-25-58-51)55(66)60-49-18-10-14-41-13-5-6-16-45(41)49/h5-6,9,11-13,15-17,19-23,25,29,36-38,49H,4,7-8,10,14,18,24,26-28,30-35,39H2,1-3H3,(H,59,67)(H,60,66)(H,61,65)/t49-/m0/s1. The number of amides is 3. The lowest BCUT2D eigenvalue weighted by Gasteiger charge is -2.29. The third-order valence-electron chi connectivity index (χ3n) is 12.7. The van der Waals surface area contributed by atoms with E-state index in [2.05, 4.69) is 49.7 Å². The Hall–Kier alpha value is -6.87. The van der Waals surface area contributed by atoms with Crippen LogP contribution in [0, 0.1) is 0 Å². The maximum absolute atomic E-state index is 14.1. The van der Waals surface area contributed by atoms with Crippen molar-refractivity contribution < 1.29 is 38.1 Å². The predicted molar refractivity (Wildman–Crippen MR) is 276 cm³/mol. The number of nitrogens with one attached hydrogen (secondary N) is 3. The summed E-state index contributed by atoms with van der Waals surface area (Å²) in [7, 11) is 0. The SMILES string of the molecule is CC(C)(C)OC(=O)CCOCCOCCOCCNC(=O)c1cccc2c1ccn2Cc1cccc(C(=O)Nc2ccc(N3CCCCC3)cc2-c2cc(C(=O)N[C@H]3CCCc4ccccc43)ccn2)c1. The third kappa shape index (κ3) is 13.9. The molecule has 4 aromatic carbocycles. The molecule has 1 aliphatic heterocycles. The van der Waals surface area contributed by atoms with Crippen molar-refractivity contribution in [1.82, 2.24) is 20.2 Å². The molecular formula is C57H66N6O8. The Morgan fingerprint density at radius 1 is 0.718 bits per heavy atom. The predicted octanol–water partition coefficient (Wildman–Crippen LogP) is 9.31. The monoisotopic (exact) mass is 962 g/mol. The molecule has 2 aromatic heterocycles. The van der Waals surface area contributed by atoms with Crippen molar-refractivity contribution in [2.45, 2.75) is 83.9 Å². The lowest BCUT2D eigenvalue weighted by Crippen LogP contribution is -2.31. The van der Waals surface area contributed by atoms with Crippen LogP contribution in [-0.4, -0.2) is 98.1 Å². The number of hydrogen-bond acceptors (Lipinski definition) is 10. The Balaban J connectivity index is 0.863. The van der Waals surface area contributed by atoms with Crippen LogP contribution in [0.1, 0.15) is 113 Å². The number of rotatable bonds is 21. The number of benzene rings is 4. The molecule has 1 fully saturated rings. The van der Waals surface area contributed by atoms with Gasteiger partial charge in [-0.1, -0.05) is 42.5 Å². The second kappa shape index (κ2) is 24.3. The maximum Gasteiger partial charge on any atom is 0.308 e. The Labute approximate surface area is 416 Å². The smallest absolute Gasteiger partial charge is 0.308 e. The zero-order valence-corrected chi connectivity index (χ0v) is 41.2. The second-order valence-electron chi connectivity index (χ2n) is 19.1. The average molecular weight is 963 g/mol. The fourth-order valence-electron chi connectivity index (χ4n) is 9.25. The summed E-state index contributed by atoms with van der Waals surface area (Å²) in [4.78, 5) is 60.2. The topological polar surface area (TPSA) is 162 Å². The molecule has 14 heteroatoms. The number of carbonyl (C=O) groups is 4. The lowest BCUT2D eigenvalue weighted by molar-refractivity contribution is -0.156. The number of hydrogen-bond donors (Lipinski definition) is 3. The second-order valence-corrected chi connectivity index (χ2v) is 19.1. The summed E-state index contributed by atoms with van der Waals surface area (Å²) in [5.41, 5.74) is 8.29. The molecule has 2 aliphatic rings. The Kier molecular flexibility index (Phi) is 17.3. The van der Waals surface area contributed by atoms with Crippen LogP contribution in [0.25, 0.3) is 22.2 Å². The number of fused-ring (bicyclic) bond motifs is 2. The van der Waals surface area contributed by atoms with E-state index in [4.69, 9.17) is 23.9 Å². The van der Waals surface area contributed by atoms with Crippen LogP contribution in [0.15, 0.2) is 116 Å². The van der Waals surface area contributed by atoms with Gasteiger partial charge in [0.2, 0.25) is 0 Å². The van der Waals surface area contributed by atoms with Crippen LogP contribution in [0.3, 0.4) is 0 Å². The van der Waals surface area contributed by atoms with E-state index in [1.165, 1.54) is 17.5 Å². The fraction of sp³-hybridized carbons (Fsp3) is 0.386. The van der Waals surface area contributed by atoms with E-state index in [0.29, 0.717) is 74.2 Å². The van der Waals surface area contributed by atoms with Gasteiger partial charge in [0.1, 0.15) is 5.60 Å². The minimum absolute atomic E-state index is 0.0581. The summed E-state index contributed by atoms with van der Waals surface area (Å²) in [5, 5.41) is 10.2. The molecule has 1 aliphatic carbocycles. The van der Waals surface area contributed by atoms with E-state index in [9.17, 15) is 19.2 Å². The number of piperidine rings is 1. The van der Waals surface area contributed by atoms with E-state index in [-0.39, 0.29) is 42.8 Å². The first-order valence-corrected chi connectivity index (χ1v) is 24.9. The van der Waals surface area contributed by atoms with E-state index < -0.39 is 5.60 Å². The van der Waals surface area contributed by atoms with Crippen molar-refractivity contribution in [2.24, 2.45) is 0 Å². The van der Waals surface area contributed by atoms with Gasteiger partial charge in [0.15, 0.2) is 0 Å². The van der Waals surface area contributed by atoms with Gasteiger partial charge in [-0.05, 0) is 137 Å². The molecule has 0 unspecified atom stereocenters. The summed E-state index contributed by atoms with van der Waals surface area (Å²) in [5.74, 6) is -0.918. The molecule has 8 rings (SSSR count). The van der Waals surface area contributed by atoms with Gasteiger partial charge >= 0.3 is 5.97 Å². The number of aromatic nitrogens is 2. The summed E-state index contributed by atoms with van der Waals surface area (Å²) in [6.07, 6.45) is 10.2. The van der Waals surface area contributed by atoms with Gasteiger partial charge in [0.25, 0.3) is 17.7 Å². The van der Waals surface area contributed by atoms with E-state index in [1.807, 2.05) is 93.7 Å². The number of anilines is 2. The fourth-order valence-corrected chi connectivity index (χ4v) is 9.25. The Morgan fingerprint density at radius 2 is 1.48 bits per heavy atom. The van der Waals surface area contributed by atoms with Crippen LogP contribution in [0.2, 0.25) is 0 Å². The molecule has 0 spiro atoms. The van der Waals surface area contributed by atoms with Gasteiger partial charge in [-0.25, -0.2) is 0 Å². The first kappa shape index (κ1) is 50.5. The van der Waals surface area contributed by atoms with Gasteiger partial charge in [0.05, 0.1) is 63.5 Å². The quantitative estimate of drug-likeness (QED) is 0.0468. The van der Waals surface area contributed by atoms with Crippen molar-refractivity contribution in [3.63, 3.8) is 0 Å². The van der Waals surface area contributed by atoms with Gasteiger partial charge in [-0.15, -0.1) is 0 Å². The van der Waals surface area contributed by atoms with E-state index in [0.717, 1.165) is 72.9 Å². The van der Waals surface area contributed by atoms with Gasteiger partial charge in [-0.3, -0.25) is 24.2 Å². The van der Waals surface area contributed by atoms with Crippen molar-refractivity contribution >= 4 is 46.0 Å². The van der Waals surface area contributed by atoms with Crippen molar-refractivity contribution in [1.29, 1.82) is 0 Å². The highest BCUT2D eigenvalue weighted by atomic mass is 16.6. The normalized spacial score (nSPS) is 14.7. The number of nitrogens with zero attached hydrogens (tertiary/aromatic N) is 3. The highest BCUT2D eigenvalue weighted by Gasteiger charge is 2.24. The van der Waals surface area contributed by atoms with Crippen molar-refractivity contribution in [3.8, 4) is 11.3 Å². The molecule has 1 saturated heterocycles. The first-order chi connectivity index (χ1) is 34.5. The number of pyridine rings is 1. The van der Waals surface area contributed by atoms with Crippen LogP contribution in [-0.2, 0) is 36.7 Å². The molecule has 6 aromatic rings. The molecule has 0 saturated carbocycles. The molecule has 3 amide bonds. The molecule has 0 bridgehead atoms. The number of carbonyl (C=O) groups excluding carboxylic acids is 4. The highest BCUT2D eigenvalue weighted by Crippen LogP contribution is 2.34. The van der Waals surface area contributed by atoms with Crippen LogP contribution >= 0.6 is 0 Å². The number of aryl methyl sites for hydroxylation is 1. The number of ether oxygens (including phenoxy) is 4. The molecule has 1 atom stereocenters. The zero-order valence-electron chi connectivity index (χ0n) is 41.2. The van der Waals surface area contributed by atoms with E-state index >= 15 is 0 Å². The zero-order chi connectivity index (χ0) is 49.6. The average Bonchev–Trinajstić information content (AvgIpc) is 3.79. The minimum Gasteiger partial charge on any atom is -0.460 e. The van der Waals surface area contributed by atoms with Gasteiger partial charge in [-0.2, -0.15) is 0 Å². The highest BCUT2D eigenvalue weighted by molar-refractivity contribution is 6.07. The molecule has 0 radical (unpaired) electrons.